The van der Waals surface area contributed by atoms with Gasteiger partial charge in [-0.15, -0.1) is 0 Å². The van der Waals surface area contributed by atoms with Crippen molar-refractivity contribution in [3.8, 4) is 23.0 Å². The molecule has 0 aliphatic heterocycles. The average molecular weight is 800 g/mol. The zero-order valence-electron chi connectivity index (χ0n) is 32.8. The second-order valence-corrected chi connectivity index (χ2v) is 15.5. The van der Waals surface area contributed by atoms with Crippen LogP contribution in [0.3, 0.4) is 0 Å². The summed E-state index contributed by atoms with van der Waals surface area (Å²) in [5.74, 6) is -2.94. The van der Waals surface area contributed by atoms with Gasteiger partial charge < -0.3 is 34.9 Å². The zero-order chi connectivity index (χ0) is 42.3. The Hall–Kier alpha value is -5.84. The van der Waals surface area contributed by atoms with Crippen molar-refractivity contribution >= 4 is 29.8 Å². The number of amidine groups is 1. The molecule has 4 rings (SSSR count). The van der Waals surface area contributed by atoms with E-state index >= 15 is 0 Å². The lowest BCUT2D eigenvalue weighted by Gasteiger charge is -2.30. The third-order valence-electron chi connectivity index (χ3n) is 8.22. The Morgan fingerprint density at radius 1 is 0.737 bits per heavy atom. The molecule has 1 fully saturated rings. The van der Waals surface area contributed by atoms with Gasteiger partial charge in [-0.25, -0.2) is 9.59 Å². The molecule has 0 bridgehead atoms. The van der Waals surface area contributed by atoms with E-state index in [0.29, 0.717) is 43.1 Å². The van der Waals surface area contributed by atoms with Gasteiger partial charge in [-0.2, -0.15) is 18.2 Å². The van der Waals surface area contributed by atoms with Crippen LogP contribution in [0.25, 0.3) is 0 Å². The van der Waals surface area contributed by atoms with Crippen molar-refractivity contribution in [1.29, 1.82) is 5.41 Å². The monoisotopic (exact) mass is 799 g/mol. The molecule has 3 aromatic carbocycles. The highest BCUT2D eigenvalue weighted by molar-refractivity contribution is 6.04. The number of carbonyl (C=O) groups is 4. The zero-order valence-corrected chi connectivity index (χ0v) is 32.8. The molecular weight excluding hydrogens is 751 g/mol. The first-order valence-electron chi connectivity index (χ1n) is 18.1. The van der Waals surface area contributed by atoms with E-state index in [1.54, 1.807) is 65.8 Å². The van der Waals surface area contributed by atoms with Gasteiger partial charge in [0.25, 0.3) is 5.91 Å². The Balaban J connectivity index is 1.57. The van der Waals surface area contributed by atoms with Crippen molar-refractivity contribution in [2.45, 2.75) is 110 Å². The van der Waals surface area contributed by atoms with E-state index in [1.807, 2.05) is 0 Å². The van der Waals surface area contributed by atoms with Gasteiger partial charge >= 0.3 is 18.4 Å². The molecule has 17 heteroatoms. The lowest BCUT2D eigenvalue weighted by molar-refractivity contribution is -0.146. The van der Waals surface area contributed by atoms with Gasteiger partial charge in [0.2, 0.25) is 5.91 Å². The van der Waals surface area contributed by atoms with Crippen molar-refractivity contribution in [1.82, 2.24) is 21.0 Å². The Bertz CT molecular complexity index is 1950. The van der Waals surface area contributed by atoms with Gasteiger partial charge in [0.1, 0.15) is 34.2 Å². The van der Waals surface area contributed by atoms with Gasteiger partial charge in [0, 0.05) is 42.7 Å². The van der Waals surface area contributed by atoms with E-state index in [9.17, 15) is 37.6 Å². The Morgan fingerprint density at radius 3 is 1.82 bits per heavy atom. The molecule has 3 aromatic rings. The molecule has 0 unspecified atom stereocenters. The third kappa shape index (κ3) is 13.7. The number of hydrogen-bond donors (Lipinski definition) is 5. The Morgan fingerprint density at radius 2 is 1.28 bits per heavy atom. The molecule has 57 heavy (non-hydrogen) atoms. The van der Waals surface area contributed by atoms with E-state index in [0.717, 1.165) is 19.1 Å². The van der Waals surface area contributed by atoms with Crippen LogP contribution in [0.15, 0.2) is 60.7 Å². The van der Waals surface area contributed by atoms with Gasteiger partial charge in [0.15, 0.2) is 5.84 Å². The Labute approximate surface area is 328 Å². The second-order valence-electron chi connectivity index (χ2n) is 15.5. The van der Waals surface area contributed by atoms with E-state index in [4.69, 9.17) is 24.4 Å². The maximum atomic E-state index is 14.3. The number of nitrogens with zero attached hydrogens (tertiary/aromatic N) is 1. The minimum atomic E-state index is -4.99. The maximum absolute atomic E-state index is 14.3. The van der Waals surface area contributed by atoms with E-state index in [2.05, 4.69) is 16.0 Å². The molecule has 0 radical (unpaired) electrons. The normalized spacial score (nSPS) is 15.8. The van der Waals surface area contributed by atoms with Crippen LogP contribution in [0.1, 0.15) is 101 Å². The topological polar surface area (TPSA) is 189 Å². The number of benzene rings is 3. The standard InChI is InChI=1S/C40H48F3N5O9/c1-23(49)48(53)34(44)25-10-17-33(32(20-25)40(41,42)43)55-31-19-26(35(50)46-27-11-13-28(14-12-27)47-37(52)57-39(5,6)7)18-30(21-31)54-29-15-8-24(9-16-29)22-45-36(51)56-38(2,3)4/h8-10,15-21,27-28,44,53H,11-14,22H2,1-7H3,(H,45,51)(H,46,50)(H,47,52). The smallest absolute Gasteiger partial charge is 0.420 e. The van der Waals surface area contributed by atoms with E-state index in [1.165, 1.54) is 18.2 Å². The van der Waals surface area contributed by atoms with Crippen LogP contribution in [0.2, 0.25) is 0 Å². The van der Waals surface area contributed by atoms with Crippen molar-refractivity contribution in [2.24, 2.45) is 0 Å². The summed E-state index contributed by atoms with van der Waals surface area (Å²) in [6.45, 7) is 11.6. The molecule has 5 N–H and O–H groups in total. The predicted octanol–water partition coefficient (Wildman–Crippen LogP) is 8.44. The summed E-state index contributed by atoms with van der Waals surface area (Å²) in [7, 11) is 0. The average Bonchev–Trinajstić information content (AvgIpc) is 3.09. The summed E-state index contributed by atoms with van der Waals surface area (Å²) in [6, 6.07) is 12.7. The first-order chi connectivity index (χ1) is 26.5. The number of hydrogen-bond acceptors (Lipinski definition) is 10. The quantitative estimate of drug-likeness (QED) is 0.0580. The van der Waals surface area contributed by atoms with Gasteiger partial charge in [0.05, 0.1) is 5.56 Å². The van der Waals surface area contributed by atoms with Crippen molar-refractivity contribution in [3.63, 3.8) is 0 Å². The summed E-state index contributed by atoms with van der Waals surface area (Å²) in [5.41, 5.74) is -2.32. The van der Waals surface area contributed by atoms with Crippen molar-refractivity contribution < 1.29 is 56.5 Å². The fourth-order valence-corrected chi connectivity index (χ4v) is 5.64. The van der Waals surface area contributed by atoms with Crippen LogP contribution in [0, 0.1) is 5.41 Å². The fourth-order valence-electron chi connectivity index (χ4n) is 5.64. The molecular formula is C40H48F3N5O9. The SMILES string of the molecule is CC(=O)N(O)C(=N)c1ccc(Oc2cc(Oc3ccc(CNC(=O)OC(C)(C)C)cc3)cc(C(=O)NC3CCC(NC(=O)OC(C)(C)C)CC3)c2)c(C(F)(F)F)c1. The summed E-state index contributed by atoms with van der Waals surface area (Å²) in [4.78, 5) is 49.5. The maximum Gasteiger partial charge on any atom is 0.420 e. The van der Waals surface area contributed by atoms with Gasteiger partial charge in [-0.3, -0.25) is 20.2 Å². The molecule has 1 saturated carbocycles. The third-order valence-corrected chi connectivity index (χ3v) is 8.22. The number of alkyl carbamates (subject to hydrolysis) is 2. The molecule has 1 aliphatic rings. The summed E-state index contributed by atoms with van der Waals surface area (Å²) in [6.07, 6.45) is -3.91. The van der Waals surface area contributed by atoms with Crippen LogP contribution in [0.5, 0.6) is 23.0 Å². The minimum Gasteiger partial charge on any atom is -0.457 e. The molecule has 0 atom stereocenters. The molecule has 0 saturated heterocycles. The van der Waals surface area contributed by atoms with Crippen LogP contribution < -0.4 is 25.4 Å². The number of alkyl halides is 3. The number of carbonyl (C=O) groups excluding carboxylic acids is 4. The molecule has 0 aromatic heterocycles. The number of rotatable bonds is 10. The summed E-state index contributed by atoms with van der Waals surface area (Å²) < 4.78 is 65.3. The summed E-state index contributed by atoms with van der Waals surface area (Å²) in [5, 5.41) is 26.2. The van der Waals surface area contributed by atoms with Crippen molar-refractivity contribution in [2.75, 3.05) is 0 Å². The molecule has 0 heterocycles. The highest BCUT2D eigenvalue weighted by Gasteiger charge is 2.36. The highest BCUT2D eigenvalue weighted by atomic mass is 19.4. The summed E-state index contributed by atoms with van der Waals surface area (Å²) >= 11 is 0. The molecule has 308 valence electrons. The lowest BCUT2D eigenvalue weighted by Crippen LogP contribution is -2.45. The number of ether oxygens (including phenoxy) is 4. The Kier molecular flexibility index (Phi) is 13.8. The largest absolute Gasteiger partial charge is 0.457 e. The van der Waals surface area contributed by atoms with Crippen LogP contribution in [0.4, 0.5) is 22.8 Å². The van der Waals surface area contributed by atoms with Crippen LogP contribution in [-0.2, 0) is 27.0 Å². The molecule has 0 spiro atoms. The fraction of sp³-hybridized carbons (Fsp3) is 0.425. The van der Waals surface area contributed by atoms with E-state index < -0.39 is 64.1 Å². The number of amides is 4. The van der Waals surface area contributed by atoms with Crippen LogP contribution in [-0.4, -0.2) is 63.4 Å². The molecule has 14 nitrogen and oxygen atoms in total. The number of nitrogens with one attached hydrogen (secondary N) is 4. The number of hydroxylamine groups is 2. The molecule has 4 amide bonds. The second kappa shape index (κ2) is 18.0. The van der Waals surface area contributed by atoms with Crippen LogP contribution >= 0.6 is 0 Å². The highest BCUT2D eigenvalue weighted by Crippen LogP contribution is 2.40. The first kappa shape index (κ1) is 43.9. The van der Waals surface area contributed by atoms with E-state index in [-0.39, 0.29) is 40.8 Å². The van der Waals surface area contributed by atoms with Crippen molar-refractivity contribution in [3.05, 3.63) is 82.9 Å². The predicted molar refractivity (Wildman–Crippen MR) is 202 cm³/mol. The minimum absolute atomic E-state index is 0.0130. The van der Waals surface area contributed by atoms with Gasteiger partial charge in [-0.05, 0) is 115 Å². The molecule has 1 aliphatic carbocycles. The lowest BCUT2D eigenvalue weighted by atomic mass is 9.91. The van der Waals surface area contributed by atoms with Gasteiger partial charge in [-0.1, -0.05) is 12.1 Å². The first-order valence-corrected chi connectivity index (χ1v) is 18.1. The number of halogens is 3.